The van der Waals surface area contributed by atoms with Crippen molar-refractivity contribution in [3.8, 4) is 0 Å². The molecule has 0 aromatic carbocycles. The summed E-state index contributed by atoms with van der Waals surface area (Å²) in [7, 11) is -0.532. The zero-order chi connectivity index (χ0) is 11.2. The summed E-state index contributed by atoms with van der Waals surface area (Å²) in [5.41, 5.74) is 0. The Balaban J connectivity index is 1.49. The van der Waals surface area contributed by atoms with Crippen LogP contribution in [-0.4, -0.2) is 53.3 Å². The molecular formula is C12H24N2OS. The van der Waals surface area contributed by atoms with Crippen LogP contribution in [0.2, 0.25) is 0 Å². The van der Waals surface area contributed by atoms with E-state index in [1.165, 1.54) is 32.2 Å². The van der Waals surface area contributed by atoms with E-state index in [0.29, 0.717) is 0 Å². The summed E-state index contributed by atoms with van der Waals surface area (Å²) in [5, 5.41) is 3.57. The van der Waals surface area contributed by atoms with Crippen molar-refractivity contribution in [2.24, 2.45) is 5.92 Å². The monoisotopic (exact) mass is 244 g/mol. The average molecular weight is 244 g/mol. The van der Waals surface area contributed by atoms with Crippen molar-refractivity contribution in [3.63, 3.8) is 0 Å². The second kappa shape index (κ2) is 6.72. The zero-order valence-corrected chi connectivity index (χ0v) is 10.9. The lowest BCUT2D eigenvalue weighted by Crippen LogP contribution is -2.41. The van der Waals surface area contributed by atoms with E-state index in [0.717, 1.165) is 43.6 Å². The molecular weight excluding hydrogens is 220 g/mol. The summed E-state index contributed by atoms with van der Waals surface area (Å²) in [6.07, 6.45) is 5.72. The molecule has 2 rings (SSSR count). The summed E-state index contributed by atoms with van der Waals surface area (Å²) in [4.78, 5) is 2.43. The lowest BCUT2D eigenvalue weighted by molar-refractivity contribution is 0.295. The maximum atomic E-state index is 11.2. The Morgan fingerprint density at radius 2 is 1.88 bits per heavy atom. The predicted molar refractivity (Wildman–Crippen MR) is 69.1 cm³/mol. The van der Waals surface area contributed by atoms with Gasteiger partial charge in [0, 0.05) is 48.5 Å². The first kappa shape index (κ1) is 12.5. The van der Waals surface area contributed by atoms with Crippen LogP contribution in [0.3, 0.4) is 0 Å². The molecule has 1 N–H and O–H groups in total. The average Bonchev–Trinajstić information content (AvgIpc) is 2.80. The molecule has 0 aromatic rings. The third-order valence-corrected chi connectivity index (χ3v) is 5.06. The van der Waals surface area contributed by atoms with Crippen LogP contribution in [0.5, 0.6) is 0 Å². The highest BCUT2D eigenvalue weighted by atomic mass is 32.2. The highest BCUT2D eigenvalue weighted by molar-refractivity contribution is 7.85. The second-order valence-electron chi connectivity index (χ2n) is 5.04. The van der Waals surface area contributed by atoms with Crippen molar-refractivity contribution in [1.29, 1.82) is 0 Å². The Kier molecular flexibility index (Phi) is 5.26. The van der Waals surface area contributed by atoms with Gasteiger partial charge < -0.3 is 10.2 Å². The highest BCUT2D eigenvalue weighted by Crippen LogP contribution is 2.23. The molecule has 2 fully saturated rings. The molecule has 1 saturated carbocycles. The van der Waals surface area contributed by atoms with Crippen molar-refractivity contribution in [1.82, 2.24) is 10.2 Å². The third-order valence-electron chi connectivity index (χ3n) is 3.78. The van der Waals surface area contributed by atoms with Crippen molar-refractivity contribution >= 4 is 10.8 Å². The smallest absolute Gasteiger partial charge is 0.0363 e. The Morgan fingerprint density at radius 1 is 1.19 bits per heavy atom. The van der Waals surface area contributed by atoms with E-state index in [1.54, 1.807) is 0 Å². The van der Waals surface area contributed by atoms with Gasteiger partial charge in [-0.1, -0.05) is 12.8 Å². The molecule has 0 bridgehead atoms. The number of hydrogen-bond donors (Lipinski definition) is 1. The SMILES string of the molecule is O=S1CCN(CCNCC2CCCC2)CC1. The topological polar surface area (TPSA) is 32.3 Å². The van der Waals surface area contributed by atoms with Gasteiger partial charge in [-0.3, -0.25) is 4.21 Å². The Bertz CT molecular complexity index is 219. The van der Waals surface area contributed by atoms with Gasteiger partial charge in [0.1, 0.15) is 0 Å². The van der Waals surface area contributed by atoms with E-state index in [1.807, 2.05) is 0 Å². The van der Waals surface area contributed by atoms with Crippen LogP contribution in [0, 0.1) is 5.92 Å². The van der Waals surface area contributed by atoms with Gasteiger partial charge in [0.05, 0.1) is 0 Å². The molecule has 1 aliphatic carbocycles. The molecule has 4 heteroatoms. The van der Waals surface area contributed by atoms with Gasteiger partial charge in [-0.25, -0.2) is 0 Å². The fourth-order valence-corrected chi connectivity index (χ4v) is 3.78. The quantitative estimate of drug-likeness (QED) is 0.727. The van der Waals surface area contributed by atoms with Gasteiger partial charge in [0.25, 0.3) is 0 Å². The van der Waals surface area contributed by atoms with Crippen LogP contribution >= 0.6 is 0 Å². The number of hydrogen-bond acceptors (Lipinski definition) is 3. The molecule has 1 saturated heterocycles. The van der Waals surface area contributed by atoms with Crippen LogP contribution in [0.15, 0.2) is 0 Å². The van der Waals surface area contributed by atoms with Crippen LogP contribution in [-0.2, 0) is 10.8 Å². The summed E-state index contributed by atoms with van der Waals surface area (Å²) in [5.74, 6) is 2.69. The third kappa shape index (κ3) is 4.15. The Hall–Kier alpha value is 0.0700. The van der Waals surface area contributed by atoms with E-state index < -0.39 is 10.8 Å². The molecule has 1 aliphatic heterocycles. The van der Waals surface area contributed by atoms with E-state index >= 15 is 0 Å². The van der Waals surface area contributed by atoms with Gasteiger partial charge in [-0.05, 0) is 25.3 Å². The van der Waals surface area contributed by atoms with E-state index in [-0.39, 0.29) is 0 Å². The minimum Gasteiger partial charge on any atom is -0.315 e. The van der Waals surface area contributed by atoms with Gasteiger partial charge in [-0.2, -0.15) is 0 Å². The predicted octanol–water partition coefficient (Wildman–Crippen LogP) is 0.830. The molecule has 0 radical (unpaired) electrons. The minimum atomic E-state index is -0.532. The first-order chi connectivity index (χ1) is 7.84. The summed E-state index contributed by atoms with van der Waals surface area (Å²) < 4.78 is 11.2. The number of rotatable bonds is 5. The first-order valence-corrected chi connectivity index (χ1v) is 8.11. The van der Waals surface area contributed by atoms with E-state index in [9.17, 15) is 4.21 Å². The maximum absolute atomic E-state index is 11.2. The van der Waals surface area contributed by atoms with Gasteiger partial charge in [0.15, 0.2) is 0 Å². The van der Waals surface area contributed by atoms with Crippen molar-refractivity contribution in [2.45, 2.75) is 25.7 Å². The molecule has 94 valence electrons. The lowest BCUT2D eigenvalue weighted by Gasteiger charge is -2.26. The molecule has 0 amide bonds. The van der Waals surface area contributed by atoms with Crippen LogP contribution in [0.1, 0.15) is 25.7 Å². The maximum Gasteiger partial charge on any atom is 0.0363 e. The van der Waals surface area contributed by atoms with Gasteiger partial charge >= 0.3 is 0 Å². The second-order valence-corrected chi connectivity index (χ2v) is 6.74. The summed E-state index contributed by atoms with van der Waals surface area (Å²) in [6, 6.07) is 0. The Labute approximate surface area is 101 Å². The molecule has 0 aromatic heterocycles. The lowest BCUT2D eigenvalue weighted by atomic mass is 10.1. The van der Waals surface area contributed by atoms with E-state index in [2.05, 4.69) is 10.2 Å². The van der Waals surface area contributed by atoms with E-state index in [4.69, 9.17) is 0 Å². The minimum absolute atomic E-state index is 0.532. The Morgan fingerprint density at radius 3 is 2.56 bits per heavy atom. The fraction of sp³-hybridized carbons (Fsp3) is 1.00. The summed E-state index contributed by atoms with van der Waals surface area (Å²) >= 11 is 0. The van der Waals surface area contributed by atoms with Crippen LogP contribution in [0.25, 0.3) is 0 Å². The number of nitrogens with zero attached hydrogens (tertiary/aromatic N) is 1. The summed E-state index contributed by atoms with van der Waals surface area (Å²) in [6.45, 7) is 5.49. The molecule has 0 spiro atoms. The number of nitrogens with one attached hydrogen (secondary N) is 1. The largest absolute Gasteiger partial charge is 0.315 e. The van der Waals surface area contributed by atoms with Crippen LogP contribution < -0.4 is 5.32 Å². The fourth-order valence-electron chi connectivity index (χ4n) is 2.66. The van der Waals surface area contributed by atoms with Gasteiger partial charge in [0.2, 0.25) is 0 Å². The molecule has 1 heterocycles. The van der Waals surface area contributed by atoms with Crippen molar-refractivity contribution < 1.29 is 4.21 Å². The van der Waals surface area contributed by atoms with Crippen molar-refractivity contribution in [2.75, 3.05) is 44.2 Å². The molecule has 0 unspecified atom stereocenters. The standard InChI is InChI=1S/C12H24N2OS/c15-16-9-7-14(8-10-16)6-5-13-11-12-3-1-2-4-12/h12-13H,1-11H2. The van der Waals surface area contributed by atoms with Gasteiger partial charge in [-0.15, -0.1) is 0 Å². The van der Waals surface area contributed by atoms with Crippen LogP contribution in [0.4, 0.5) is 0 Å². The normalized spacial score (nSPS) is 25.2. The molecule has 16 heavy (non-hydrogen) atoms. The van der Waals surface area contributed by atoms with Crippen molar-refractivity contribution in [3.05, 3.63) is 0 Å². The zero-order valence-electron chi connectivity index (χ0n) is 10.1. The molecule has 0 atom stereocenters. The molecule has 2 aliphatic rings. The molecule has 3 nitrogen and oxygen atoms in total. The highest BCUT2D eigenvalue weighted by Gasteiger charge is 2.16. The first-order valence-electron chi connectivity index (χ1n) is 6.62.